The van der Waals surface area contributed by atoms with Crippen LogP contribution in [0.3, 0.4) is 0 Å². The SMILES string of the molecule is Cc1nc(C(N)=NO)nc(C)c1Br. The van der Waals surface area contributed by atoms with Crippen LogP contribution in [0, 0.1) is 13.8 Å². The number of hydrogen-bond donors (Lipinski definition) is 2. The first kappa shape index (κ1) is 9.91. The maximum absolute atomic E-state index is 8.41. The smallest absolute Gasteiger partial charge is 0.207 e. The second-order valence-corrected chi connectivity index (χ2v) is 3.31. The molecule has 1 heterocycles. The van der Waals surface area contributed by atoms with Gasteiger partial charge in [-0.05, 0) is 29.8 Å². The molecule has 0 amide bonds. The van der Waals surface area contributed by atoms with Gasteiger partial charge < -0.3 is 10.9 Å². The van der Waals surface area contributed by atoms with Gasteiger partial charge >= 0.3 is 0 Å². The van der Waals surface area contributed by atoms with Gasteiger partial charge in [0, 0.05) is 0 Å². The third-order valence-electron chi connectivity index (χ3n) is 1.52. The Hall–Kier alpha value is -1.17. The quantitative estimate of drug-likeness (QED) is 0.334. The third kappa shape index (κ3) is 1.95. The summed E-state index contributed by atoms with van der Waals surface area (Å²) in [4.78, 5) is 8.06. The van der Waals surface area contributed by atoms with Crippen LogP contribution in [0.4, 0.5) is 0 Å². The number of aromatic nitrogens is 2. The van der Waals surface area contributed by atoms with E-state index in [1.165, 1.54) is 0 Å². The number of nitrogens with two attached hydrogens (primary N) is 1. The van der Waals surface area contributed by atoms with Crippen LogP contribution in [0.15, 0.2) is 9.63 Å². The van der Waals surface area contributed by atoms with Crippen LogP contribution in [0.25, 0.3) is 0 Å². The van der Waals surface area contributed by atoms with Crippen LogP contribution in [0.5, 0.6) is 0 Å². The van der Waals surface area contributed by atoms with Gasteiger partial charge in [0.2, 0.25) is 5.84 Å². The lowest BCUT2D eigenvalue weighted by Crippen LogP contribution is -2.18. The number of halogens is 1. The van der Waals surface area contributed by atoms with E-state index in [9.17, 15) is 0 Å². The van der Waals surface area contributed by atoms with Crippen LogP contribution in [-0.4, -0.2) is 21.0 Å². The molecule has 1 aromatic heterocycles. The van der Waals surface area contributed by atoms with E-state index in [-0.39, 0.29) is 11.7 Å². The molecule has 0 aliphatic rings. The fourth-order valence-electron chi connectivity index (χ4n) is 0.862. The Bertz CT molecular complexity index is 341. The number of oxime groups is 1. The minimum atomic E-state index is -0.0845. The summed E-state index contributed by atoms with van der Waals surface area (Å²) in [6.45, 7) is 3.62. The number of hydrogen-bond acceptors (Lipinski definition) is 4. The Morgan fingerprint density at radius 3 is 2.23 bits per heavy atom. The molecule has 0 saturated heterocycles. The predicted molar refractivity (Wildman–Crippen MR) is 51.7 cm³/mol. The minimum Gasteiger partial charge on any atom is -0.409 e. The van der Waals surface area contributed by atoms with Crippen molar-refractivity contribution >= 4 is 21.8 Å². The minimum absolute atomic E-state index is 0.0845. The highest BCUT2D eigenvalue weighted by atomic mass is 79.9. The summed E-state index contributed by atoms with van der Waals surface area (Å²) in [5.74, 6) is 0.152. The molecule has 3 N–H and O–H groups in total. The number of aryl methyl sites for hydroxylation is 2. The molecule has 13 heavy (non-hydrogen) atoms. The van der Waals surface area contributed by atoms with Crippen molar-refractivity contribution in [3.8, 4) is 0 Å². The summed E-state index contributed by atoms with van der Waals surface area (Å²) >= 11 is 3.32. The Balaban J connectivity index is 3.29. The van der Waals surface area contributed by atoms with Crippen molar-refractivity contribution in [1.82, 2.24) is 9.97 Å². The number of amidine groups is 1. The molecule has 6 heteroatoms. The molecular formula is C7H9BrN4O. The molecule has 0 aromatic carbocycles. The van der Waals surface area contributed by atoms with Gasteiger partial charge in [0.15, 0.2) is 5.82 Å². The van der Waals surface area contributed by atoms with E-state index in [0.717, 1.165) is 15.9 Å². The van der Waals surface area contributed by atoms with E-state index in [4.69, 9.17) is 10.9 Å². The lowest BCUT2D eigenvalue weighted by atomic mass is 10.3. The van der Waals surface area contributed by atoms with Gasteiger partial charge in [-0.3, -0.25) is 0 Å². The van der Waals surface area contributed by atoms with Gasteiger partial charge in [-0.25, -0.2) is 9.97 Å². The van der Waals surface area contributed by atoms with E-state index in [1.807, 2.05) is 13.8 Å². The zero-order chi connectivity index (χ0) is 10.0. The average Bonchev–Trinajstić information content (AvgIpc) is 2.12. The molecule has 0 spiro atoms. The molecule has 0 bridgehead atoms. The van der Waals surface area contributed by atoms with Gasteiger partial charge in [-0.1, -0.05) is 5.16 Å². The second-order valence-electron chi connectivity index (χ2n) is 2.52. The fraction of sp³-hybridized carbons (Fsp3) is 0.286. The lowest BCUT2D eigenvalue weighted by molar-refractivity contribution is 0.318. The van der Waals surface area contributed by atoms with Crippen LogP contribution in [0.1, 0.15) is 17.2 Å². The molecule has 1 aromatic rings. The zero-order valence-electron chi connectivity index (χ0n) is 7.24. The van der Waals surface area contributed by atoms with Crippen molar-refractivity contribution in [2.75, 3.05) is 0 Å². The van der Waals surface area contributed by atoms with Crippen LogP contribution >= 0.6 is 15.9 Å². The monoisotopic (exact) mass is 244 g/mol. The Labute approximate surface area is 83.8 Å². The highest BCUT2D eigenvalue weighted by Gasteiger charge is 2.08. The molecule has 0 radical (unpaired) electrons. The first-order chi connectivity index (χ1) is 6.06. The highest BCUT2D eigenvalue weighted by Crippen LogP contribution is 2.16. The normalized spacial score (nSPS) is 11.8. The molecule has 0 saturated carbocycles. The Kier molecular flexibility index (Phi) is 2.82. The molecule has 0 unspecified atom stereocenters. The van der Waals surface area contributed by atoms with Crippen molar-refractivity contribution in [3.63, 3.8) is 0 Å². The van der Waals surface area contributed by atoms with Crippen LogP contribution < -0.4 is 5.73 Å². The first-order valence-corrected chi connectivity index (χ1v) is 4.34. The third-order valence-corrected chi connectivity index (χ3v) is 2.67. The van der Waals surface area contributed by atoms with Gasteiger partial charge in [0.1, 0.15) is 0 Å². The summed E-state index contributed by atoms with van der Waals surface area (Å²) in [6, 6.07) is 0. The van der Waals surface area contributed by atoms with Crippen LogP contribution in [0.2, 0.25) is 0 Å². The van der Waals surface area contributed by atoms with Gasteiger partial charge in [0.25, 0.3) is 0 Å². The van der Waals surface area contributed by atoms with Crippen LogP contribution in [-0.2, 0) is 0 Å². The molecule has 1 rings (SSSR count). The summed E-state index contributed by atoms with van der Waals surface area (Å²) < 4.78 is 0.835. The van der Waals surface area contributed by atoms with Crippen molar-refractivity contribution in [3.05, 3.63) is 21.7 Å². The summed E-state index contributed by atoms with van der Waals surface area (Å²) in [5, 5.41) is 11.2. The van der Waals surface area contributed by atoms with Crippen molar-refractivity contribution in [2.24, 2.45) is 10.9 Å². The zero-order valence-corrected chi connectivity index (χ0v) is 8.83. The molecule has 0 aliphatic heterocycles. The maximum Gasteiger partial charge on any atom is 0.207 e. The van der Waals surface area contributed by atoms with E-state index in [1.54, 1.807) is 0 Å². The molecular weight excluding hydrogens is 236 g/mol. The van der Waals surface area contributed by atoms with Crippen molar-refractivity contribution in [2.45, 2.75) is 13.8 Å². The van der Waals surface area contributed by atoms with Gasteiger partial charge in [-0.2, -0.15) is 0 Å². The topological polar surface area (TPSA) is 84.4 Å². The summed E-state index contributed by atoms with van der Waals surface area (Å²) in [5.41, 5.74) is 6.86. The largest absolute Gasteiger partial charge is 0.409 e. The number of rotatable bonds is 1. The maximum atomic E-state index is 8.41. The number of nitrogens with zero attached hydrogens (tertiary/aromatic N) is 3. The highest BCUT2D eigenvalue weighted by molar-refractivity contribution is 9.10. The predicted octanol–water partition coefficient (Wildman–Crippen LogP) is 0.950. The van der Waals surface area contributed by atoms with E-state index >= 15 is 0 Å². The van der Waals surface area contributed by atoms with E-state index in [2.05, 4.69) is 31.1 Å². The molecule has 0 aliphatic carbocycles. The summed E-state index contributed by atoms with van der Waals surface area (Å²) in [7, 11) is 0. The summed E-state index contributed by atoms with van der Waals surface area (Å²) in [6.07, 6.45) is 0. The van der Waals surface area contributed by atoms with Gasteiger partial charge in [-0.15, -0.1) is 0 Å². The Morgan fingerprint density at radius 1 is 1.38 bits per heavy atom. The lowest BCUT2D eigenvalue weighted by Gasteiger charge is -2.03. The molecule has 0 fully saturated rings. The standard InChI is InChI=1S/C7H9BrN4O/c1-3-5(8)4(2)11-7(10-3)6(9)12-13/h13H,1-2H3,(H2,9,12). The Morgan fingerprint density at radius 2 is 1.85 bits per heavy atom. The average molecular weight is 245 g/mol. The van der Waals surface area contributed by atoms with E-state index in [0.29, 0.717) is 0 Å². The van der Waals surface area contributed by atoms with Crippen molar-refractivity contribution in [1.29, 1.82) is 0 Å². The van der Waals surface area contributed by atoms with Crippen molar-refractivity contribution < 1.29 is 5.21 Å². The molecule has 0 atom stereocenters. The molecule has 70 valence electrons. The van der Waals surface area contributed by atoms with Gasteiger partial charge in [0.05, 0.1) is 15.9 Å². The second kappa shape index (κ2) is 3.69. The molecule has 5 nitrogen and oxygen atoms in total. The first-order valence-electron chi connectivity index (χ1n) is 3.55. The fourth-order valence-corrected chi connectivity index (χ4v) is 1.04. The van der Waals surface area contributed by atoms with E-state index < -0.39 is 0 Å².